The molecular weight excluding hydrogens is 564 g/mol. The van der Waals surface area contributed by atoms with Crippen molar-refractivity contribution >= 4 is 23.7 Å². The number of nitrogens with zero attached hydrogens (tertiary/aromatic N) is 4. The lowest BCUT2D eigenvalue weighted by Gasteiger charge is -2.32. The Balaban J connectivity index is 1.34. The highest BCUT2D eigenvalue weighted by molar-refractivity contribution is 5.94. The Bertz CT molecular complexity index is 1740. The maximum Gasteiger partial charge on any atom is 0.248 e. The highest BCUT2D eigenvalue weighted by Gasteiger charge is 2.22. The molecule has 1 aromatic heterocycles. The molecule has 0 bridgehead atoms. The largest absolute Gasteiger partial charge is 0.438 e. The molecule has 0 spiro atoms. The van der Waals surface area contributed by atoms with Crippen molar-refractivity contribution in [2.45, 2.75) is 46.2 Å². The molecule has 228 valence electrons. The summed E-state index contributed by atoms with van der Waals surface area (Å²) < 4.78 is 6.51. The molecule has 1 amide bonds. The van der Waals surface area contributed by atoms with E-state index < -0.39 is 5.91 Å². The van der Waals surface area contributed by atoms with Crippen molar-refractivity contribution < 1.29 is 14.3 Å². The number of piperidine rings is 1. The van der Waals surface area contributed by atoms with Crippen LogP contribution in [0.2, 0.25) is 0 Å². The Morgan fingerprint density at radius 2 is 1.69 bits per heavy atom. The smallest absolute Gasteiger partial charge is 0.248 e. The van der Waals surface area contributed by atoms with E-state index >= 15 is 0 Å². The number of nitrogens with two attached hydrogens (primary N) is 1. The third kappa shape index (κ3) is 7.80. The minimum Gasteiger partial charge on any atom is -0.438 e. The van der Waals surface area contributed by atoms with Crippen LogP contribution in [0.15, 0.2) is 72.9 Å². The van der Waals surface area contributed by atoms with E-state index in [-0.39, 0.29) is 11.8 Å². The normalized spacial score (nSPS) is 13.8. The van der Waals surface area contributed by atoms with Gasteiger partial charge in [0.1, 0.15) is 5.75 Å². The fraction of sp³-hybridized carbons (Fsp3) is 0.250. The second kappa shape index (κ2) is 14.0. The summed E-state index contributed by atoms with van der Waals surface area (Å²) in [5.41, 5.74) is 11.9. The lowest BCUT2D eigenvalue weighted by Crippen LogP contribution is -2.39. The highest BCUT2D eigenvalue weighted by Crippen LogP contribution is 2.36. The Labute approximate surface area is 263 Å². The van der Waals surface area contributed by atoms with Gasteiger partial charge in [0.05, 0.1) is 11.6 Å². The maximum absolute atomic E-state index is 11.9. The summed E-state index contributed by atoms with van der Waals surface area (Å²) in [6.07, 6.45) is 6.82. The molecule has 0 radical (unpaired) electrons. The summed E-state index contributed by atoms with van der Waals surface area (Å²) in [6.45, 7) is 8.10. The zero-order valence-electron chi connectivity index (χ0n) is 25.7. The van der Waals surface area contributed by atoms with E-state index in [0.717, 1.165) is 60.3 Å². The summed E-state index contributed by atoms with van der Waals surface area (Å²) in [6, 6.07) is 21.0. The van der Waals surface area contributed by atoms with Crippen LogP contribution >= 0.6 is 0 Å². The van der Waals surface area contributed by atoms with Crippen LogP contribution in [0, 0.1) is 25.2 Å². The number of nitrogens with one attached hydrogen (secondary N) is 1. The van der Waals surface area contributed by atoms with Crippen LogP contribution in [0.1, 0.15) is 62.7 Å². The first-order valence-electron chi connectivity index (χ1n) is 14.9. The van der Waals surface area contributed by atoms with Gasteiger partial charge in [-0.25, -0.2) is 4.98 Å². The molecule has 1 aliphatic heterocycles. The molecule has 0 unspecified atom stereocenters. The number of hydrogen-bond donors (Lipinski definition) is 2. The fourth-order valence-electron chi connectivity index (χ4n) is 5.52. The molecule has 3 aromatic carbocycles. The van der Waals surface area contributed by atoms with E-state index in [9.17, 15) is 9.59 Å². The van der Waals surface area contributed by atoms with Gasteiger partial charge in [-0.15, -0.1) is 0 Å². The summed E-state index contributed by atoms with van der Waals surface area (Å²) >= 11 is 0. The number of carbonyl (C=O) groups is 2. The second-order valence-corrected chi connectivity index (χ2v) is 11.4. The van der Waals surface area contributed by atoms with Gasteiger partial charge in [0.15, 0.2) is 5.78 Å². The number of aryl methyl sites for hydroxylation is 2. The first-order valence-corrected chi connectivity index (χ1v) is 14.9. The third-order valence-corrected chi connectivity index (χ3v) is 7.95. The maximum atomic E-state index is 11.9. The average Bonchev–Trinajstić information content (AvgIpc) is 3.03. The predicted molar refractivity (Wildman–Crippen MR) is 175 cm³/mol. The van der Waals surface area contributed by atoms with Gasteiger partial charge in [0, 0.05) is 49.1 Å². The summed E-state index contributed by atoms with van der Waals surface area (Å²) in [4.78, 5) is 35.1. The number of amides is 1. The fourth-order valence-corrected chi connectivity index (χ4v) is 5.52. The third-order valence-electron chi connectivity index (χ3n) is 7.95. The van der Waals surface area contributed by atoms with Gasteiger partial charge in [-0.2, -0.15) is 10.2 Å². The Kier molecular flexibility index (Phi) is 9.66. The van der Waals surface area contributed by atoms with Crippen LogP contribution in [-0.4, -0.2) is 45.7 Å². The van der Waals surface area contributed by atoms with Crippen molar-refractivity contribution in [3.63, 3.8) is 0 Å². The molecule has 5 rings (SSSR count). The molecule has 9 nitrogen and oxygen atoms in total. The number of Topliss-reactive ketones (excluding diaryl/α,β-unsaturated/α-hetero) is 1. The SMILES string of the molecule is CC(=O)c1ccc(-c2cnc(NC3CCN(Cc4ccc(C(N)=O)cc4)CC3)nc2Oc2c(C)cc(/C=C/C#N)cc2C)cc1. The van der Waals surface area contributed by atoms with Crippen molar-refractivity contribution in [2.75, 3.05) is 18.4 Å². The zero-order chi connectivity index (χ0) is 31.9. The molecule has 1 aliphatic rings. The molecule has 1 saturated heterocycles. The minimum absolute atomic E-state index is 0.00218. The van der Waals surface area contributed by atoms with Gasteiger partial charge < -0.3 is 15.8 Å². The second-order valence-electron chi connectivity index (χ2n) is 11.4. The lowest BCUT2D eigenvalue weighted by molar-refractivity contribution is 0.0996. The van der Waals surface area contributed by atoms with Gasteiger partial charge in [0.2, 0.25) is 17.7 Å². The van der Waals surface area contributed by atoms with Crippen LogP contribution in [-0.2, 0) is 6.54 Å². The van der Waals surface area contributed by atoms with Gasteiger partial charge in [-0.3, -0.25) is 14.5 Å². The standard InChI is InChI=1S/C36H36N6O3/c1-23-19-27(5-4-16-37)20-24(2)33(23)45-35-32(29-12-10-28(11-13-29)25(3)43)21-39-36(41-35)40-31-14-17-42(18-15-31)22-26-6-8-30(9-7-26)34(38)44/h4-13,19-21,31H,14-15,17-18,22H2,1-3H3,(H2,38,44)(H,39,40,41)/b5-4+. The van der Waals surface area contributed by atoms with Crippen molar-refractivity contribution in [1.82, 2.24) is 14.9 Å². The number of allylic oxidation sites excluding steroid dienone is 1. The van der Waals surface area contributed by atoms with E-state index in [1.807, 2.05) is 56.3 Å². The number of nitriles is 1. The summed E-state index contributed by atoms with van der Waals surface area (Å²) in [5.74, 6) is 1.16. The molecule has 9 heteroatoms. The average molecular weight is 601 g/mol. The van der Waals surface area contributed by atoms with Crippen molar-refractivity contribution in [2.24, 2.45) is 5.73 Å². The van der Waals surface area contributed by atoms with Crippen LogP contribution in [0.25, 0.3) is 17.2 Å². The number of rotatable bonds is 10. The number of hydrogen-bond acceptors (Lipinski definition) is 8. The predicted octanol–water partition coefficient (Wildman–Crippen LogP) is 6.47. The summed E-state index contributed by atoms with van der Waals surface area (Å²) in [5, 5.41) is 12.4. The summed E-state index contributed by atoms with van der Waals surface area (Å²) in [7, 11) is 0. The molecule has 4 aromatic rings. The van der Waals surface area contributed by atoms with E-state index in [4.69, 9.17) is 20.7 Å². The molecule has 0 aliphatic carbocycles. The number of ketones is 1. The highest BCUT2D eigenvalue weighted by atomic mass is 16.5. The monoisotopic (exact) mass is 600 g/mol. The van der Waals surface area contributed by atoms with Gasteiger partial charge in [-0.05, 0) is 91.8 Å². The lowest BCUT2D eigenvalue weighted by atomic mass is 10.0. The number of primary amides is 1. The van der Waals surface area contributed by atoms with Crippen molar-refractivity contribution in [3.8, 4) is 28.8 Å². The Hall–Kier alpha value is -5.33. The molecule has 3 N–H and O–H groups in total. The first-order chi connectivity index (χ1) is 21.7. The quantitative estimate of drug-likeness (QED) is 0.156. The Morgan fingerprint density at radius 1 is 1.04 bits per heavy atom. The van der Waals surface area contributed by atoms with Crippen LogP contribution in [0.4, 0.5) is 5.95 Å². The Morgan fingerprint density at radius 3 is 2.29 bits per heavy atom. The number of anilines is 1. The molecule has 1 fully saturated rings. The molecule has 0 atom stereocenters. The van der Waals surface area contributed by atoms with E-state index in [2.05, 4.69) is 15.2 Å². The van der Waals surface area contributed by atoms with E-state index in [0.29, 0.717) is 34.3 Å². The van der Waals surface area contributed by atoms with E-state index in [1.54, 1.807) is 43.5 Å². The zero-order valence-corrected chi connectivity index (χ0v) is 25.7. The molecule has 0 saturated carbocycles. The molecular formula is C36H36N6O3. The number of ether oxygens (including phenoxy) is 1. The number of carbonyl (C=O) groups excluding carboxylic acids is 2. The van der Waals surface area contributed by atoms with Crippen LogP contribution in [0.3, 0.4) is 0 Å². The van der Waals surface area contributed by atoms with Gasteiger partial charge in [0.25, 0.3) is 0 Å². The van der Waals surface area contributed by atoms with E-state index in [1.165, 1.54) is 6.08 Å². The number of likely N-dealkylation sites (tertiary alicyclic amines) is 1. The number of aromatic nitrogens is 2. The van der Waals surface area contributed by atoms with Crippen molar-refractivity contribution in [3.05, 3.63) is 106 Å². The minimum atomic E-state index is -0.421. The van der Waals surface area contributed by atoms with Crippen LogP contribution in [0.5, 0.6) is 11.6 Å². The molecule has 45 heavy (non-hydrogen) atoms. The van der Waals surface area contributed by atoms with Crippen molar-refractivity contribution in [1.29, 1.82) is 5.26 Å². The number of benzene rings is 3. The van der Waals surface area contributed by atoms with Gasteiger partial charge >= 0.3 is 0 Å². The molecule has 2 heterocycles. The van der Waals surface area contributed by atoms with Crippen LogP contribution < -0.4 is 15.8 Å². The topological polar surface area (TPSA) is 134 Å². The van der Waals surface area contributed by atoms with Gasteiger partial charge in [-0.1, -0.05) is 36.4 Å². The first kappa shape index (κ1) is 31.1.